The first-order valence-electron chi connectivity index (χ1n) is 9.08. The fourth-order valence-corrected chi connectivity index (χ4v) is 4.34. The van der Waals surface area contributed by atoms with E-state index in [9.17, 15) is 0 Å². The van der Waals surface area contributed by atoms with Gasteiger partial charge in [0.1, 0.15) is 0 Å². The van der Waals surface area contributed by atoms with Gasteiger partial charge in [-0.3, -0.25) is 4.99 Å². The van der Waals surface area contributed by atoms with Crippen LogP contribution in [-0.2, 0) is 6.54 Å². The second kappa shape index (κ2) is 10.1. The number of nitrogens with zero attached hydrogens (tertiary/aromatic N) is 3. The van der Waals surface area contributed by atoms with Crippen LogP contribution >= 0.6 is 39.9 Å². The van der Waals surface area contributed by atoms with Crippen LogP contribution in [0.4, 0.5) is 0 Å². The van der Waals surface area contributed by atoms with Crippen molar-refractivity contribution in [3.63, 3.8) is 0 Å². The summed E-state index contributed by atoms with van der Waals surface area (Å²) in [5.74, 6) is 1.83. The van der Waals surface area contributed by atoms with E-state index >= 15 is 0 Å². The average Bonchev–Trinajstić information content (AvgIpc) is 3.22. The molecule has 0 radical (unpaired) electrons. The minimum absolute atomic E-state index is 0. The zero-order valence-electron chi connectivity index (χ0n) is 15.3. The molecule has 2 heterocycles. The van der Waals surface area contributed by atoms with Gasteiger partial charge in [0.05, 0.1) is 0 Å². The third-order valence-electron chi connectivity index (χ3n) is 5.25. The topological polar surface area (TPSA) is 30.9 Å². The van der Waals surface area contributed by atoms with Gasteiger partial charge in [-0.05, 0) is 68.5 Å². The van der Waals surface area contributed by atoms with Crippen LogP contribution in [0.5, 0.6) is 0 Å². The third kappa shape index (κ3) is 5.82. The maximum Gasteiger partial charge on any atom is 0.193 e. The number of hydrogen-bond donors (Lipinski definition) is 1. The average molecular weight is 521 g/mol. The molecule has 0 aromatic heterocycles. The van der Waals surface area contributed by atoms with Crippen molar-refractivity contribution in [3.05, 3.63) is 33.8 Å². The van der Waals surface area contributed by atoms with Gasteiger partial charge in [-0.2, -0.15) is 0 Å². The van der Waals surface area contributed by atoms with Gasteiger partial charge < -0.3 is 15.1 Å². The van der Waals surface area contributed by atoms with Crippen LogP contribution in [-0.4, -0.2) is 55.5 Å². The van der Waals surface area contributed by atoms with Gasteiger partial charge in [0.2, 0.25) is 0 Å². The van der Waals surface area contributed by atoms with Crippen molar-refractivity contribution in [2.45, 2.75) is 32.7 Å². The van der Waals surface area contributed by atoms with Crippen LogP contribution in [0, 0.1) is 12.8 Å². The molecule has 25 heavy (non-hydrogen) atoms. The molecule has 2 fully saturated rings. The molecule has 0 bridgehead atoms. The molecule has 4 nitrogen and oxygen atoms in total. The van der Waals surface area contributed by atoms with Crippen molar-refractivity contribution in [2.24, 2.45) is 10.9 Å². The number of halogens is 2. The van der Waals surface area contributed by atoms with Gasteiger partial charge in [-0.15, -0.1) is 24.0 Å². The lowest BCUT2D eigenvalue weighted by Gasteiger charge is -2.23. The van der Waals surface area contributed by atoms with E-state index in [0.29, 0.717) is 0 Å². The smallest absolute Gasteiger partial charge is 0.193 e. The Morgan fingerprint density at radius 3 is 2.72 bits per heavy atom. The van der Waals surface area contributed by atoms with Crippen molar-refractivity contribution < 1.29 is 0 Å². The molecular formula is C19H30BrIN4. The van der Waals surface area contributed by atoms with E-state index < -0.39 is 0 Å². The predicted molar refractivity (Wildman–Crippen MR) is 120 cm³/mol. The lowest BCUT2D eigenvalue weighted by Crippen LogP contribution is -2.40. The third-order valence-corrected chi connectivity index (χ3v) is 5.75. The molecule has 2 aliphatic heterocycles. The molecule has 6 heteroatoms. The Morgan fingerprint density at radius 1 is 1.28 bits per heavy atom. The zero-order chi connectivity index (χ0) is 16.9. The normalized spacial score (nSPS) is 21.5. The molecule has 1 aromatic carbocycles. The number of likely N-dealkylation sites (tertiary alicyclic amines) is 2. The van der Waals surface area contributed by atoms with Crippen LogP contribution in [0.1, 0.15) is 30.4 Å². The molecule has 1 atom stereocenters. The molecule has 2 saturated heterocycles. The molecule has 140 valence electrons. The molecule has 0 saturated carbocycles. The summed E-state index contributed by atoms with van der Waals surface area (Å²) < 4.78 is 1.14. The Balaban J connectivity index is 0.00000225. The van der Waals surface area contributed by atoms with E-state index in [4.69, 9.17) is 0 Å². The molecule has 2 aliphatic rings. The number of benzene rings is 1. The highest BCUT2D eigenvalue weighted by Gasteiger charge is 2.27. The minimum Gasteiger partial charge on any atom is -0.352 e. The first-order valence-corrected chi connectivity index (χ1v) is 9.88. The van der Waals surface area contributed by atoms with E-state index in [1.807, 2.05) is 7.05 Å². The van der Waals surface area contributed by atoms with E-state index in [1.165, 1.54) is 50.0 Å². The SMILES string of the molecule is CN=C(NCc1ccc(Br)cc1C)N1CCC(CN2CCCC2)C1.I. The fraction of sp³-hybridized carbons (Fsp3) is 0.632. The van der Waals surface area contributed by atoms with Crippen LogP contribution in [0.2, 0.25) is 0 Å². The summed E-state index contributed by atoms with van der Waals surface area (Å²) >= 11 is 3.53. The molecule has 0 spiro atoms. The zero-order valence-corrected chi connectivity index (χ0v) is 19.2. The van der Waals surface area contributed by atoms with Crippen molar-refractivity contribution in [3.8, 4) is 0 Å². The van der Waals surface area contributed by atoms with Crippen LogP contribution in [0.3, 0.4) is 0 Å². The predicted octanol–water partition coefficient (Wildman–Crippen LogP) is 3.87. The lowest BCUT2D eigenvalue weighted by molar-refractivity contribution is 0.281. The molecule has 1 unspecified atom stereocenters. The summed E-state index contributed by atoms with van der Waals surface area (Å²) in [6.45, 7) is 9.11. The van der Waals surface area contributed by atoms with Gasteiger partial charge in [0, 0.05) is 37.7 Å². The first-order chi connectivity index (χ1) is 11.7. The Kier molecular flexibility index (Phi) is 8.48. The number of rotatable bonds is 4. The maximum absolute atomic E-state index is 4.51. The second-order valence-corrected chi connectivity index (χ2v) is 8.00. The van der Waals surface area contributed by atoms with E-state index in [1.54, 1.807) is 0 Å². The van der Waals surface area contributed by atoms with Crippen molar-refractivity contribution in [2.75, 3.05) is 39.8 Å². The highest BCUT2D eigenvalue weighted by Crippen LogP contribution is 2.20. The molecule has 0 amide bonds. The summed E-state index contributed by atoms with van der Waals surface area (Å²) in [6, 6.07) is 6.45. The highest BCUT2D eigenvalue weighted by molar-refractivity contribution is 14.0. The standard InChI is InChI=1S/C19H29BrN4.HI/c1-15-11-18(20)6-5-17(15)12-22-19(21-2)24-10-7-16(14-24)13-23-8-3-4-9-23;/h5-6,11,16H,3-4,7-10,12-14H2,1-2H3,(H,21,22);1H. The molecule has 3 rings (SSSR count). The van der Waals surface area contributed by atoms with E-state index in [0.717, 1.165) is 36.0 Å². The molecule has 1 aromatic rings. The quantitative estimate of drug-likeness (QED) is 0.371. The number of guanidine groups is 1. The number of nitrogens with one attached hydrogen (secondary N) is 1. The molecular weight excluding hydrogens is 491 g/mol. The summed E-state index contributed by atoms with van der Waals surface area (Å²) in [5.41, 5.74) is 2.63. The second-order valence-electron chi connectivity index (χ2n) is 7.08. The van der Waals surface area contributed by atoms with Crippen LogP contribution in [0.25, 0.3) is 0 Å². The van der Waals surface area contributed by atoms with Crippen molar-refractivity contribution in [1.29, 1.82) is 0 Å². The Morgan fingerprint density at radius 2 is 2.04 bits per heavy atom. The van der Waals surface area contributed by atoms with E-state index in [2.05, 4.69) is 61.2 Å². The van der Waals surface area contributed by atoms with Gasteiger partial charge >= 0.3 is 0 Å². The van der Waals surface area contributed by atoms with Gasteiger partial charge in [0.25, 0.3) is 0 Å². The Hall–Kier alpha value is -0.340. The fourth-order valence-electron chi connectivity index (χ4n) is 3.87. The summed E-state index contributed by atoms with van der Waals surface area (Å²) in [5, 5.41) is 3.55. The summed E-state index contributed by atoms with van der Waals surface area (Å²) in [7, 11) is 1.89. The maximum atomic E-state index is 4.51. The minimum atomic E-state index is 0. The van der Waals surface area contributed by atoms with Crippen LogP contribution in [0.15, 0.2) is 27.7 Å². The van der Waals surface area contributed by atoms with Crippen molar-refractivity contribution in [1.82, 2.24) is 15.1 Å². The number of aryl methyl sites for hydroxylation is 1. The summed E-state index contributed by atoms with van der Waals surface area (Å²) in [4.78, 5) is 9.57. The largest absolute Gasteiger partial charge is 0.352 e. The molecule has 1 N–H and O–H groups in total. The lowest BCUT2D eigenvalue weighted by atomic mass is 10.1. The number of hydrogen-bond acceptors (Lipinski definition) is 2. The van der Waals surface area contributed by atoms with Gasteiger partial charge in [-0.25, -0.2) is 0 Å². The monoisotopic (exact) mass is 520 g/mol. The first kappa shape index (κ1) is 21.0. The number of aliphatic imine (C=N–C) groups is 1. The van der Waals surface area contributed by atoms with E-state index in [-0.39, 0.29) is 24.0 Å². The van der Waals surface area contributed by atoms with Crippen molar-refractivity contribution >= 4 is 45.9 Å². The summed E-state index contributed by atoms with van der Waals surface area (Å²) in [6.07, 6.45) is 4.05. The van der Waals surface area contributed by atoms with Gasteiger partial charge in [-0.1, -0.05) is 22.0 Å². The van der Waals surface area contributed by atoms with Crippen LogP contribution < -0.4 is 5.32 Å². The Bertz CT molecular complexity index is 587. The Labute approximate surface area is 177 Å². The molecule has 0 aliphatic carbocycles. The van der Waals surface area contributed by atoms with Gasteiger partial charge in [0.15, 0.2) is 5.96 Å². The highest BCUT2D eigenvalue weighted by atomic mass is 127.